The van der Waals surface area contributed by atoms with Gasteiger partial charge < -0.3 is 5.11 Å². The van der Waals surface area contributed by atoms with Crippen molar-refractivity contribution in [2.75, 3.05) is 0 Å². The molecule has 2 heteroatoms. The quantitative estimate of drug-likeness (QED) is 0.662. The maximum atomic E-state index is 11.9. The molecule has 15 heavy (non-hydrogen) atoms. The van der Waals surface area contributed by atoms with Gasteiger partial charge in [0.2, 0.25) is 0 Å². The van der Waals surface area contributed by atoms with E-state index in [1.165, 1.54) is 6.42 Å². The van der Waals surface area contributed by atoms with Gasteiger partial charge in [-0.2, -0.15) is 0 Å². The van der Waals surface area contributed by atoms with Gasteiger partial charge in [0.1, 0.15) is 5.78 Å². The van der Waals surface area contributed by atoms with Gasteiger partial charge in [-0.05, 0) is 42.9 Å². The molecule has 4 atom stereocenters. The van der Waals surface area contributed by atoms with Crippen LogP contribution in [0.5, 0.6) is 0 Å². The Bertz CT molecular complexity index is 320. The van der Waals surface area contributed by atoms with Gasteiger partial charge in [0.15, 0.2) is 0 Å². The fourth-order valence-corrected chi connectivity index (χ4v) is 4.63. The van der Waals surface area contributed by atoms with Gasteiger partial charge in [0, 0.05) is 12.3 Å². The summed E-state index contributed by atoms with van der Waals surface area (Å²) in [5, 5.41) is 10.5. The standard InChI is InChI=1S/C13H20O2/c1-12(2)5-8-6-13(15)4-3-10(14)11(13)9(8)7-12/h8-9,11,15H,3-7H2,1-2H3/t8-,9-,11-,13+/m1/s1. The molecule has 3 fully saturated rings. The molecule has 0 spiro atoms. The van der Waals surface area contributed by atoms with Gasteiger partial charge in [-0.15, -0.1) is 0 Å². The van der Waals surface area contributed by atoms with Crippen LogP contribution in [0.1, 0.15) is 46.0 Å². The SMILES string of the molecule is CC1(C)C[C@@H]2C[C@@]3(O)CCC(=O)[C@H]3[C@@H]2C1. The molecule has 3 aliphatic carbocycles. The van der Waals surface area contributed by atoms with E-state index < -0.39 is 5.60 Å². The number of carbonyl (C=O) groups is 1. The zero-order valence-electron chi connectivity index (χ0n) is 9.62. The Balaban J connectivity index is 1.92. The van der Waals surface area contributed by atoms with Gasteiger partial charge in [-0.3, -0.25) is 4.79 Å². The minimum Gasteiger partial charge on any atom is -0.389 e. The first-order valence-electron chi connectivity index (χ1n) is 6.16. The van der Waals surface area contributed by atoms with Crippen LogP contribution in [0.2, 0.25) is 0 Å². The van der Waals surface area contributed by atoms with Crippen LogP contribution in [-0.4, -0.2) is 16.5 Å². The molecule has 0 heterocycles. The number of hydrogen-bond donors (Lipinski definition) is 1. The summed E-state index contributed by atoms with van der Waals surface area (Å²) in [5.74, 6) is 1.42. The summed E-state index contributed by atoms with van der Waals surface area (Å²) in [6, 6.07) is 0. The van der Waals surface area contributed by atoms with Crippen LogP contribution in [0.25, 0.3) is 0 Å². The van der Waals surface area contributed by atoms with Crippen molar-refractivity contribution in [1.29, 1.82) is 0 Å². The third-order valence-electron chi connectivity index (χ3n) is 4.98. The average molecular weight is 208 g/mol. The Morgan fingerprint density at radius 3 is 2.73 bits per heavy atom. The van der Waals surface area contributed by atoms with E-state index in [1.807, 2.05) is 0 Å². The van der Waals surface area contributed by atoms with Crippen LogP contribution in [0.4, 0.5) is 0 Å². The number of aliphatic hydroxyl groups is 1. The first kappa shape index (κ1) is 9.83. The molecule has 0 amide bonds. The highest BCUT2D eigenvalue weighted by atomic mass is 16.3. The maximum Gasteiger partial charge on any atom is 0.139 e. The second-order valence-electron chi connectivity index (χ2n) is 6.75. The second kappa shape index (κ2) is 2.65. The van der Waals surface area contributed by atoms with E-state index in [1.54, 1.807) is 0 Å². The molecular weight excluding hydrogens is 188 g/mol. The highest BCUT2D eigenvalue weighted by Gasteiger charge is 2.62. The lowest BCUT2D eigenvalue weighted by atomic mass is 9.81. The van der Waals surface area contributed by atoms with Crippen molar-refractivity contribution in [3.63, 3.8) is 0 Å². The van der Waals surface area contributed by atoms with Crippen molar-refractivity contribution < 1.29 is 9.90 Å². The molecule has 0 aromatic rings. The van der Waals surface area contributed by atoms with Gasteiger partial charge in [-0.25, -0.2) is 0 Å². The second-order valence-corrected chi connectivity index (χ2v) is 6.75. The van der Waals surface area contributed by atoms with Crippen molar-refractivity contribution in [2.45, 2.75) is 51.6 Å². The summed E-state index contributed by atoms with van der Waals surface area (Å²) in [6.45, 7) is 4.59. The smallest absolute Gasteiger partial charge is 0.139 e. The van der Waals surface area contributed by atoms with Gasteiger partial charge in [0.05, 0.1) is 5.60 Å². The molecule has 2 nitrogen and oxygen atoms in total. The molecule has 0 unspecified atom stereocenters. The summed E-state index contributed by atoms with van der Waals surface area (Å²) in [7, 11) is 0. The third kappa shape index (κ3) is 1.24. The van der Waals surface area contributed by atoms with Crippen molar-refractivity contribution >= 4 is 5.78 Å². The molecule has 0 aromatic carbocycles. The number of Topliss-reactive ketones (excluding diaryl/α,β-unsaturated/α-hetero) is 1. The third-order valence-corrected chi connectivity index (χ3v) is 4.98. The normalized spacial score (nSPS) is 51.9. The van der Waals surface area contributed by atoms with Crippen LogP contribution in [-0.2, 0) is 4.79 Å². The average Bonchev–Trinajstić information content (AvgIpc) is 2.59. The van der Waals surface area contributed by atoms with Crippen LogP contribution in [0.3, 0.4) is 0 Å². The predicted molar refractivity (Wildman–Crippen MR) is 57.3 cm³/mol. The summed E-state index contributed by atoms with van der Waals surface area (Å²) < 4.78 is 0. The number of hydrogen-bond acceptors (Lipinski definition) is 2. The minimum atomic E-state index is -0.608. The minimum absolute atomic E-state index is 0.00993. The maximum absolute atomic E-state index is 11.9. The molecule has 84 valence electrons. The van der Waals surface area contributed by atoms with E-state index in [4.69, 9.17) is 0 Å². The molecule has 0 bridgehead atoms. The van der Waals surface area contributed by atoms with E-state index in [2.05, 4.69) is 13.8 Å². The summed E-state index contributed by atoms with van der Waals surface area (Å²) in [4.78, 5) is 11.9. The zero-order chi connectivity index (χ0) is 10.8. The molecule has 0 aromatic heterocycles. The lowest BCUT2D eigenvalue weighted by Gasteiger charge is -2.27. The monoisotopic (exact) mass is 208 g/mol. The van der Waals surface area contributed by atoms with E-state index in [-0.39, 0.29) is 5.92 Å². The lowest BCUT2D eigenvalue weighted by molar-refractivity contribution is -0.125. The van der Waals surface area contributed by atoms with Crippen molar-refractivity contribution in [1.82, 2.24) is 0 Å². The Morgan fingerprint density at radius 1 is 1.27 bits per heavy atom. The molecule has 3 rings (SSSR count). The first-order valence-corrected chi connectivity index (χ1v) is 6.16. The number of carbonyl (C=O) groups excluding carboxylic acids is 1. The molecule has 1 N–H and O–H groups in total. The Morgan fingerprint density at radius 2 is 2.00 bits per heavy atom. The summed E-state index contributed by atoms with van der Waals surface area (Å²) >= 11 is 0. The number of fused-ring (bicyclic) bond motifs is 3. The molecule has 0 saturated heterocycles. The molecule has 0 radical (unpaired) electrons. The van der Waals surface area contributed by atoms with Gasteiger partial charge in [-0.1, -0.05) is 13.8 Å². The predicted octanol–water partition coefficient (Wildman–Crippen LogP) is 2.15. The lowest BCUT2D eigenvalue weighted by Crippen LogP contribution is -2.33. The van der Waals surface area contributed by atoms with Crippen LogP contribution in [0, 0.1) is 23.2 Å². The van der Waals surface area contributed by atoms with Crippen molar-refractivity contribution in [2.24, 2.45) is 23.2 Å². The topological polar surface area (TPSA) is 37.3 Å². The van der Waals surface area contributed by atoms with Crippen molar-refractivity contribution in [3.05, 3.63) is 0 Å². The van der Waals surface area contributed by atoms with Crippen LogP contribution in [0.15, 0.2) is 0 Å². The number of ketones is 1. The van der Waals surface area contributed by atoms with Gasteiger partial charge >= 0.3 is 0 Å². The molecule has 3 aliphatic rings. The Labute approximate surface area is 91.1 Å². The Kier molecular flexibility index (Phi) is 1.74. The summed E-state index contributed by atoms with van der Waals surface area (Å²) in [5.41, 5.74) is -0.220. The van der Waals surface area contributed by atoms with E-state index in [0.29, 0.717) is 29.5 Å². The van der Waals surface area contributed by atoms with Crippen LogP contribution < -0.4 is 0 Å². The molecule has 3 saturated carbocycles. The van der Waals surface area contributed by atoms with Crippen LogP contribution >= 0.6 is 0 Å². The zero-order valence-corrected chi connectivity index (χ0v) is 9.62. The van der Waals surface area contributed by atoms with E-state index >= 15 is 0 Å². The fourth-order valence-electron chi connectivity index (χ4n) is 4.63. The number of rotatable bonds is 0. The first-order chi connectivity index (χ1) is 6.91. The Hall–Kier alpha value is -0.370. The molecular formula is C13H20O2. The van der Waals surface area contributed by atoms with Crippen molar-refractivity contribution in [3.8, 4) is 0 Å². The fraction of sp³-hybridized carbons (Fsp3) is 0.923. The highest BCUT2D eigenvalue weighted by molar-refractivity contribution is 5.85. The van der Waals surface area contributed by atoms with Gasteiger partial charge in [0.25, 0.3) is 0 Å². The van der Waals surface area contributed by atoms with E-state index in [0.717, 1.165) is 19.3 Å². The largest absolute Gasteiger partial charge is 0.389 e. The van der Waals surface area contributed by atoms with E-state index in [9.17, 15) is 9.90 Å². The highest BCUT2D eigenvalue weighted by Crippen LogP contribution is 2.61. The molecule has 0 aliphatic heterocycles. The summed E-state index contributed by atoms with van der Waals surface area (Å²) in [6.07, 6.45) is 4.56.